The second-order valence-corrected chi connectivity index (χ2v) is 11.0. The van der Waals surface area contributed by atoms with Gasteiger partial charge >= 0.3 is 6.18 Å². The smallest absolute Gasteiger partial charge is 0.293 e. The van der Waals surface area contributed by atoms with E-state index in [2.05, 4.69) is 15.3 Å². The van der Waals surface area contributed by atoms with Gasteiger partial charge in [-0.3, -0.25) is 4.90 Å². The zero-order valence-corrected chi connectivity index (χ0v) is 21.1. The first-order valence-corrected chi connectivity index (χ1v) is 13.3. The predicted octanol–water partition coefficient (Wildman–Crippen LogP) is 4.26. The van der Waals surface area contributed by atoms with Crippen molar-refractivity contribution in [1.82, 2.24) is 29.2 Å². The maximum Gasteiger partial charge on any atom is 0.390 e. The number of piperazine rings is 1. The average molecular weight is 549 g/mol. The standard InChI is InChI=1S/C25H24F4N6O2S/c1-17-13-22-18(15-31-35(22)20-6-4-19(26)5-7-20)14-21(17)23-16-34(12-11-33(23)10-8-25(27,28)29)38(36,37)24-3-2-9-30-32-24/h2-7,9,13-15,23H,8,10-12,16H2,1H3/t23-/m0/s1. The zero-order valence-electron chi connectivity index (χ0n) is 20.3. The molecule has 0 N–H and O–H groups in total. The first-order valence-electron chi connectivity index (χ1n) is 11.9. The highest BCUT2D eigenvalue weighted by Crippen LogP contribution is 2.34. The monoisotopic (exact) mass is 548 g/mol. The maximum atomic E-state index is 13.4. The van der Waals surface area contributed by atoms with Crippen LogP contribution in [0.4, 0.5) is 17.6 Å². The summed E-state index contributed by atoms with van der Waals surface area (Å²) < 4.78 is 82.2. The summed E-state index contributed by atoms with van der Waals surface area (Å²) in [7, 11) is -4.00. The summed E-state index contributed by atoms with van der Waals surface area (Å²) >= 11 is 0. The van der Waals surface area contributed by atoms with E-state index in [0.29, 0.717) is 11.3 Å². The number of fused-ring (bicyclic) bond motifs is 1. The topological polar surface area (TPSA) is 84.2 Å². The molecule has 0 amide bonds. The van der Waals surface area contributed by atoms with Gasteiger partial charge in [0.25, 0.3) is 10.0 Å². The molecule has 1 fully saturated rings. The van der Waals surface area contributed by atoms with E-state index in [-0.39, 0.29) is 37.0 Å². The Morgan fingerprint density at radius 2 is 1.84 bits per heavy atom. The first kappa shape index (κ1) is 26.2. The number of sulfonamides is 1. The molecule has 2 aromatic carbocycles. The van der Waals surface area contributed by atoms with Crippen molar-refractivity contribution >= 4 is 20.9 Å². The second-order valence-electron chi connectivity index (χ2n) is 9.14. The number of halogens is 4. The molecule has 38 heavy (non-hydrogen) atoms. The molecule has 1 atom stereocenters. The number of alkyl halides is 3. The van der Waals surface area contributed by atoms with Gasteiger partial charge in [-0.1, -0.05) is 0 Å². The van der Waals surface area contributed by atoms with Crippen molar-refractivity contribution < 1.29 is 26.0 Å². The minimum atomic E-state index is -4.34. The molecule has 5 rings (SSSR count). The second kappa shape index (κ2) is 10.0. The van der Waals surface area contributed by atoms with E-state index in [1.165, 1.54) is 34.8 Å². The lowest BCUT2D eigenvalue weighted by Gasteiger charge is -2.41. The summed E-state index contributed by atoms with van der Waals surface area (Å²) in [4.78, 5) is 1.68. The fourth-order valence-electron chi connectivity index (χ4n) is 4.75. The average Bonchev–Trinajstić information content (AvgIpc) is 3.30. The highest BCUT2D eigenvalue weighted by molar-refractivity contribution is 7.89. The van der Waals surface area contributed by atoms with Crippen LogP contribution in [-0.4, -0.2) is 70.0 Å². The fraction of sp³-hybridized carbons (Fsp3) is 0.320. The molecule has 1 saturated heterocycles. The Kier molecular flexibility index (Phi) is 6.92. The molecule has 4 aromatic rings. The van der Waals surface area contributed by atoms with E-state index >= 15 is 0 Å². The van der Waals surface area contributed by atoms with Crippen molar-refractivity contribution in [2.24, 2.45) is 0 Å². The Morgan fingerprint density at radius 3 is 2.53 bits per heavy atom. The summed E-state index contributed by atoms with van der Waals surface area (Å²) in [6, 6.07) is 11.7. The van der Waals surface area contributed by atoms with Crippen molar-refractivity contribution in [3.05, 3.63) is 77.9 Å². The Morgan fingerprint density at radius 1 is 1.08 bits per heavy atom. The molecule has 0 spiro atoms. The molecular formula is C25H24F4N6O2S. The van der Waals surface area contributed by atoms with Gasteiger partial charge in [0.15, 0.2) is 5.03 Å². The highest BCUT2D eigenvalue weighted by Gasteiger charge is 2.38. The summed E-state index contributed by atoms with van der Waals surface area (Å²) in [6.07, 6.45) is -2.37. The predicted molar refractivity (Wildman–Crippen MR) is 132 cm³/mol. The van der Waals surface area contributed by atoms with Crippen LogP contribution in [0.3, 0.4) is 0 Å². The normalized spacial score (nSPS) is 17.8. The molecule has 0 radical (unpaired) electrons. The van der Waals surface area contributed by atoms with E-state index in [4.69, 9.17) is 0 Å². The van der Waals surface area contributed by atoms with Crippen LogP contribution in [-0.2, 0) is 10.0 Å². The molecule has 8 nitrogen and oxygen atoms in total. The zero-order chi connectivity index (χ0) is 27.1. The first-order chi connectivity index (χ1) is 18.0. The molecule has 0 saturated carbocycles. The quantitative estimate of drug-likeness (QED) is 0.335. The van der Waals surface area contributed by atoms with Gasteiger partial charge in [0, 0.05) is 43.8 Å². The van der Waals surface area contributed by atoms with Crippen molar-refractivity contribution in [3.8, 4) is 5.69 Å². The number of rotatable bonds is 6. The minimum absolute atomic E-state index is 0.0249. The van der Waals surface area contributed by atoms with E-state index < -0.39 is 28.7 Å². The van der Waals surface area contributed by atoms with Gasteiger partial charge in [-0.25, -0.2) is 17.5 Å². The third-order valence-corrected chi connectivity index (χ3v) is 8.43. The van der Waals surface area contributed by atoms with Crippen molar-refractivity contribution in [2.75, 3.05) is 26.2 Å². The number of nitrogens with zero attached hydrogens (tertiary/aromatic N) is 6. The Hall–Kier alpha value is -3.42. The Labute approximate surface area is 216 Å². The van der Waals surface area contributed by atoms with Crippen LogP contribution in [0.2, 0.25) is 0 Å². The molecular weight excluding hydrogens is 524 g/mol. The van der Waals surface area contributed by atoms with Crippen molar-refractivity contribution in [3.63, 3.8) is 0 Å². The third-order valence-electron chi connectivity index (χ3n) is 6.67. The number of aromatic nitrogens is 4. The minimum Gasteiger partial charge on any atom is -0.293 e. The van der Waals surface area contributed by atoms with Gasteiger partial charge in [0.1, 0.15) is 5.82 Å². The van der Waals surface area contributed by atoms with Crippen molar-refractivity contribution in [1.29, 1.82) is 0 Å². The third kappa shape index (κ3) is 5.26. The lowest BCUT2D eigenvalue weighted by Crippen LogP contribution is -2.51. The van der Waals surface area contributed by atoms with Crippen LogP contribution in [0.5, 0.6) is 0 Å². The Bertz CT molecular complexity index is 1540. The van der Waals surface area contributed by atoms with Gasteiger partial charge < -0.3 is 0 Å². The molecule has 1 aliphatic heterocycles. The summed E-state index contributed by atoms with van der Waals surface area (Å²) in [6.45, 7) is 1.66. The molecule has 0 bridgehead atoms. The maximum absolute atomic E-state index is 13.4. The van der Waals surface area contributed by atoms with E-state index in [1.807, 2.05) is 19.1 Å². The van der Waals surface area contributed by atoms with Gasteiger partial charge in [-0.2, -0.15) is 27.7 Å². The van der Waals surface area contributed by atoms with Crippen LogP contribution >= 0.6 is 0 Å². The van der Waals surface area contributed by atoms with Gasteiger partial charge in [0.2, 0.25) is 0 Å². The lowest BCUT2D eigenvalue weighted by molar-refractivity contribution is -0.140. The lowest BCUT2D eigenvalue weighted by atomic mass is 9.96. The number of benzene rings is 2. The van der Waals surface area contributed by atoms with Crippen molar-refractivity contribution in [2.45, 2.75) is 30.6 Å². The summed E-state index contributed by atoms with van der Waals surface area (Å²) in [5, 5.41) is 12.3. The van der Waals surface area contributed by atoms with Gasteiger partial charge in [0.05, 0.1) is 23.8 Å². The molecule has 3 heterocycles. The molecule has 1 aliphatic rings. The molecule has 200 valence electrons. The van der Waals surface area contributed by atoms with Crippen LogP contribution in [0.25, 0.3) is 16.6 Å². The van der Waals surface area contributed by atoms with Crippen LogP contribution in [0.1, 0.15) is 23.6 Å². The van der Waals surface area contributed by atoms with Crippen LogP contribution in [0, 0.1) is 12.7 Å². The number of hydrogen-bond donors (Lipinski definition) is 0. The molecule has 0 unspecified atom stereocenters. The van der Waals surface area contributed by atoms with E-state index in [1.54, 1.807) is 27.9 Å². The van der Waals surface area contributed by atoms with Crippen LogP contribution in [0.15, 0.2) is 66.0 Å². The summed E-state index contributed by atoms with van der Waals surface area (Å²) in [5.41, 5.74) is 2.86. The molecule has 13 heteroatoms. The fourth-order valence-corrected chi connectivity index (χ4v) is 6.07. The molecule has 2 aromatic heterocycles. The summed E-state index contributed by atoms with van der Waals surface area (Å²) in [5.74, 6) is -0.374. The largest absolute Gasteiger partial charge is 0.390 e. The number of aryl methyl sites for hydroxylation is 1. The number of hydrogen-bond acceptors (Lipinski definition) is 6. The van der Waals surface area contributed by atoms with E-state index in [0.717, 1.165) is 16.5 Å². The molecule has 0 aliphatic carbocycles. The Balaban J connectivity index is 1.52. The van der Waals surface area contributed by atoms with Gasteiger partial charge in [-0.15, -0.1) is 5.10 Å². The van der Waals surface area contributed by atoms with Gasteiger partial charge in [-0.05, 0) is 66.6 Å². The highest BCUT2D eigenvalue weighted by atomic mass is 32.2. The SMILES string of the molecule is Cc1cc2c(cnn2-c2ccc(F)cc2)cc1[C@@H]1CN(S(=O)(=O)c2cccnn2)CCN1CCC(F)(F)F. The van der Waals surface area contributed by atoms with Crippen LogP contribution < -0.4 is 0 Å². The van der Waals surface area contributed by atoms with E-state index in [9.17, 15) is 26.0 Å².